The molecule has 0 unspecified atom stereocenters. The second-order valence-corrected chi connectivity index (χ2v) is 6.08. The van der Waals surface area contributed by atoms with Crippen molar-refractivity contribution in [2.24, 2.45) is 0 Å². The quantitative estimate of drug-likeness (QED) is 0.429. The van der Waals surface area contributed by atoms with Crippen molar-refractivity contribution in [1.82, 2.24) is 0 Å². The number of fused-ring (bicyclic) bond motifs is 1. The first kappa shape index (κ1) is 19.5. The van der Waals surface area contributed by atoms with Gasteiger partial charge in [0, 0.05) is 0 Å². The van der Waals surface area contributed by atoms with Gasteiger partial charge in [-0.2, -0.15) is 13.2 Å². The Balaban J connectivity index is 1.79. The number of methoxy groups -OCH3 is 1. The van der Waals surface area contributed by atoms with E-state index in [-0.39, 0.29) is 12.2 Å². The number of rotatable bonds is 5. The number of hydrogen-bond acceptors (Lipinski definition) is 3. The molecule has 3 rings (SSSR count). The SMILES string of the molecule is COC(=O)/C(=C/c1ccc(C(F)(F)F)cc1)COc1ccc2ccccc2c1. The van der Waals surface area contributed by atoms with Gasteiger partial charge in [-0.25, -0.2) is 4.79 Å². The molecule has 0 radical (unpaired) electrons. The van der Waals surface area contributed by atoms with E-state index < -0.39 is 17.7 Å². The first-order valence-corrected chi connectivity index (χ1v) is 8.44. The van der Waals surface area contributed by atoms with Crippen LogP contribution in [0.4, 0.5) is 13.2 Å². The number of carbonyl (C=O) groups excluding carboxylic acids is 1. The summed E-state index contributed by atoms with van der Waals surface area (Å²) in [6.45, 7) is -0.0773. The number of benzene rings is 3. The predicted molar refractivity (Wildman–Crippen MR) is 101 cm³/mol. The van der Waals surface area contributed by atoms with Crippen molar-refractivity contribution in [2.75, 3.05) is 13.7 Å². The van der Waals surface area contributed by atoms with E-state index in [4.69, 9.17) is 9.47 Å². The molecule has 0 aliphatic carbocycles. The second kappa shape index (κ2) is 8.17. The number of alkyl halides is 3. The molecule has 3 nitrogen and oxygen atoms in total. The second-order valence-electron chi connectivity index (χ2n) is 6.08. The van der Waals surface area contributed by atoms with Gasteiger partial charge >= 0.3 is 12.1 Å². The highest BCUT2D eigenvalue weighted by Crippen LogP contribution is 2.29. The van der Waals surface area contributed by atoms with Crippen molar-refractivity contribution in [3.8, 4) is 5.75 Å². The highest BCUT2D eigenvalue weighted by atomic mass is 19.4. The molecule has 0 heterocycles. The van der Waals surface area contributed by atoms with Crippen LogP contribution in [-0.4, -0.2) is 19.7 Å². The van der Waals surface area contributed by atoms with Crippen LogP contribution in [0.3, 0.4) is 0 Å². The van der Waals surface area contributed by atoms with Crippen molar-refractivity contribution >= 4 is 22.8 Å². The molecule has 0 amide bonds. The van der Waals surface area contributed by atoms with Crippen LogP contribution in [-0.2, 0) is 15.7 Å². The number of esters is 1. The Hall–Kier alpha value is -3.28. The summed E-state index contributed by atoms with van der Waals surface area (Å²) in [4.78, 5) is 12.0. The average Bonchev–Trinajstić information content (AvgIpc) is 2.70. The topological polar surface area (TPSA) is 35.5 Å². The van der Waals surface area contributed by atoms with E-state index in [1.165, 1.54) is 25.3 Å². The molecule has 3 aromatic rings. The summed E-state index contributed by atoms with van der Waals surface area (Å²) in [5, 5.41) is 2.05. The molecule has 0 fully saturated rings. The van der Waals surface area contributed by atoms with E-state index in [9.17, 15) is 18.0 Å². The molecule has 0 saturated carbocycles. The Kier molecular flexibility index (Phi) is 5.68. The summed E-state index contributed by atoms with van der Waals surface area (Å²) < 4.78 is 48.5. The zero-order chi connectivity index (χ0) is 20.1. The van der Waals surface area contributed by atoms with Crippen LogP contribution >= 0.6 is 0 Å². The summed E-state index contributed by atoms with van der Waals surface area (Å²) in [5.74, 6) is -0.0402. The van der Waals surface area contributed by atoms with Crippen LogP contribution in [0, 0.1) is 0 Å². The smallest absolute Gasteiger partial charge is 0.416 e. The molecule has 6 heteroatoms. The highest BCUT2D eigenvalue weighted by molar-refractivity contribution is 5.94. The van der Waals surface area contributed by atoms with E-state index in [0.717, 1.165) is 22.9 Å². The maximum Gasteiger partial charge on any atom is 0.416 e. The maximum atomic E-state index is 12.7. The molecular formula is C22H17F3O3. The van der Waals surface area contributed by atoms with Crippen LogP contribution in [0.5, 0.6) is 5.75 Å². The van der Waals surface area contributed by atoms with Gasteiger partial charge < -0.3 is 9.47 Å². The van der Waals surface area contributed by atoms with Crippen molar-refractivity contribution in [2.45, 2.75) is 6.18 Å². The number of hydrogen-bond donors (Lipinski definition) is 0. The van der Waals surface area contributed by atoms with Crippen LogP contribution in [0.1, 0.15) is 11.1 Å². The monoisotopic (exact) mass is 386 g/mol. The summed E-state index contributed by atoms with van der Waals surface area (Å²) in [7, 11) is 1.24. The zero-order valence-electron chi connectivity index (χ0n) is 15.0. The minimum atomic E-state index is -4.41. The van der Waals surface area contributed by atoms with E-state index in [1.54, 1.807) is 6.07 Å². The Morgan fingerprint density at radius 1 is 0.964 bits per heavy atom. The summed E-state index contributed by atoms with van der Waals surface area (Å²) >= 11 is 0. The third-order valence-electron chi connectivity index (χ3n) is 4.14. The summed E-state index contributed by atoms with van der Waals surface area (Å²) in [5.41, 5.74) is -0.123. The Morgan fingerprint density at radius 3 is 2.29 bits per heavy atom. The van der Waals surface area contributed by atoms with Crippen LogP contribution in [0.25, 0.3) is 16.8 Å². The van der Waals surface area contributed by atoms with E-state index >= 15 is 0 Å². The van der Waals surface area contributed by atoms with Gasteiger partial charge in [0.1, 0.15) is 12.4 Å². The van der Waals surface area contributed by atoms with Crippen molar-refractivity contribution < 1.29 is 27.4 Å². The molecule has 144 valence electrons. The van der Waals surface area contributed by atoms with E-state index in [1.807, 2.05) is 36.4 Å². The van der Waals surface area contributed by atoms with Crippen LogP contribution in [0.2, 0.25) is 0 Å². The molecule has 0 spiro atoms. The lowest BCUT2D eigenvalue weighted by molar-refractivity contribution is -0.138. The summed E-state index contributed by atoms with van der Waals surface area (Å²) in [6.07, 6.45) is -2.96. The Morgan fingerprint density at radius 2 is 1.64 bits per heavy atom. The lowest BCUT2D eigenvalue weighted by Gasteiger charge is -2.10. The highest BCUT2D eigenvalue weighted by Gasteiger charge is 2.29. The van der Waals surface area contributed by atoms with Gasteiger partial charge in [0.2, 0.25) is 0 Å². The Labute approximate surface area is 160 Å². The predicted octanol–water partition coefficient (Wildman–Crippen LogP) is 5.49. The van der Waals surface area contributed by atoms with Gasteiger partial charge in [0.15, 0.2) is 0 Å². The molecule has 28 heavy (non-hydrogen) atoms. The molecule has 0 N–H and O–H groups in total. The van der Waals surface area contributed by atoms with Gasteiger partial charge in [0.05, 0.1) is 18.2 Å². The van der Waals surface area contributed by atoms with Gasteiger partial charge in [-0.1, -0.05) is 42.5 Å². The first-order chi connectivity index (χ1) is 13.4. The van der Waals surface area contributed by atoms with Crippen LogP contribution in [0.15, 0.2) is 72.3 Å². The van der Waals surface area contributed by atoms with E-state index in [2.05, 4.69) is 0 Å². The van der Waals surface area contributed by atoms with Crippen LogP contribution < -0.4 is 4.74 Å². The lowest BCUT2D eigenvalue weighted by Crippen LogP contribution is -2.12. The largest absolute Gasteiger partial charge is 0.489 e. The number of halogens is 3. The van der Waals surface area contributed by atoms with Crippen molar-refractivity contribution in [3.05, 3.63) is 83.4 Å². The zero-order valence-corrected chi connectivity index (χ0v) is 15.0. The van der Waals surface area contributed by atoms with Crippen molar-refractivity contribution in [1.29, 1.82) is 0 Å². The maximum absolute atomic E-state index is 12.7. The third kappa shape index (κ3) is 4.71. The normalized spacial score (nSPS) is 12.1. The van der Waals surface area contributed by atoms with Gasteiger partial charge in [-0.15, -0.1) is 0 Å². The first-order valence-electron chi connectivity index (χ1n) is 8.44. The van der Waals surface area contributed by atoms with Gasteiger partial charge in [-0.3, -0.25) is 0 Å². The fourth-order valence-electron chi connectivity index (χ4n) is 2.68. The minimum Gasteiger partial charge on any atom is -0.489 e. The number of ether oxygens (including phenoxy) is 2. The molecule has 0 atom stereocenters. The summed E-state index contributed by atoms with van der Waals surface area (Å²) in [6, 6.07) is 17.8. The molecule has 0 aliphatic heterocycles. The van der Waals surface area contributed by atoms with Gasteiger partial charge in [0.25, 0.3) is 0 Å². The standard InChI is InChI=1S/C22H17F3O3/c1-27-21(26)18(12-15-6-9-19(10-7-15)22(23,24)25)14-28-20-11-8-16-4-2-3-5-17(16)13-20/h2-13H,14H2,1H3/b18-12+. The Bertz CT molecular complexity index is 1010. The molecule has 0 aliphatic rings. The molecular weight excluding hydrogens is 369 g/mol. The third-order valence-corrected chi connectivity index (χ3v) is 4.14. The fourth-order valence-corrected chi connectivity index (χ4v) is 2.68. The lowest BCUT2D eigenvalue weighted by atomic mass is 10.1. The average molecular weight is 386 g/mol. The van der Waals surface area contributed by atoms with Gasteiger partial charge in [-0.05, 0) is 46.7 Å². The fraction of sp³-hybridized carbons (Fsp3) is 0.136. The molecule has 0 aromatic heterocycles. The molecule has 0 bridgehead atoms. The van der Waals surface area contributed by atoms with E-state index in [0.29, 0.717) is 11.3 Å². The van der Waals surface area contributed by atoms with Crippen molar-refractivity contribution in [3.63, 3.8) is 0 Å². The minimum absolute atomic E-state index is 0.0773. The molecule has 0 saturated heterocycles. The number of carbonyl (C=O) groups is 1. The molecule has 3 aromatic carbocycles.